The average molecular weight is 512 g/mol. The number of carbonyl (C=O) groups excluding carboxylic acids is 2. The number of anilines is 1. The number of carbonyl (C=O) groups is 2. The molecule has 0 unspecified atom stereocenters. The lowest BCUT2D eigenvalue weighted by Gasteiger charge is -2.33. The summed E-state index contributed by atoms with van der Waals surface area (Å²) >= 11 is 6.32. The van der Waals surface area contributed by atoms with Crippen molar-refractivity contribution < 1.29 is 22.4 Å². The summed E-state index contributed by atoms with van der Waals surface area (Å²) < 4.78 is 39.3. The first kappa shape index (κ1) is 27.6. The fourth-order valence-electron chi connectivity index (χ4n) is 3.39. The van der Waals surface area contributed by atoms with Gasteiger partial charge in [-0.15, -0.1) is 0 Å². The first-order chi connectivity index (χ1) is 16.0. The molecule has 10 heteroatoms. The first-order valence-corrected chi connectivity index (χ1v) is 13.3. The van der Waals surface area contributed by atoms with E-state index >= 15 is 0 Å². The van der Waals surface area contributed by atoms with Crippen molar-refractivity contribution in [1.29, 1.82) is 0 Å². The second-order valence-corrected chi connectivity index (χ2v) is 10.4. The standard InChI is InChI=1S/C24H31ClFN3O4S/c1-5-17(3)27-24(31)22(6-2)28(15-18-9-7-8-10-21(18)25)23(30)16-29(34(4,32)33)20-13-11-19(26)12-14-20/h7-14,17,22H,5-6,15-16H2,1-4H3,(H,27,31)/t17-,22-/m0/s1. The van der Waals surface area contributed by atoms with Gasteiger partial charge in [-0.2, -0.15) is 0 Å². The number of nitrogens with one attached hydrogen (secondary N) is 1. The smallest absolute Gasteiger partial charge is 0.244 e. The lowest BCUT2D eigenvalue weighted by atomic mass is 10.1. The van der Waals surface area contributed by atoms with Crippen LogP contribution in [0.1, 0.15) is 39.2 Å². The van der Waals surface area contributed by atoms with E-state index in [-0.39, 0.29) is 24.2 Å². The topological polar surface area (TPSA) is 86.8 Å². The molecule has 34 heavy (non-hydrogen) atoms. The zero-order valence-corrected chi connectivity index (χ0v) is 21.4. The molecule has 2 amide bonds. The number of halogens is 2. The Kier molecular flexibility index (Phi) is 9.88. The van der Waals surface area contributed by atoms with E-state index in [9.17, 15) is 22.4 Å². The van der Waals surface area contributed by atoms with Crippen molar-refractivity contribution in [3.8, 4) is 0 Å². The quantitative estimate of drug-likeness (QED) is 0.494. The summed E-state index contributed by atoms with van der Waals surface area (Å²) in [6.45, 7) is 5.05. The number of hydrogen-bond donors (Lipinski definition) is 1. The Morgan fingerprint density at radius 3 is 2.21 bits per heavy atom. The molecular weight excluding hydrogens is 481 g/mol. The van der Waals surface area contributed by atoms with E-state index in [0.717, 1.165) is 22.7 Å². The van der Waals surface area contributed by atoms with Gasteiger partial charge in [0.15, 0.2) is 0 Å². The molecule has 7 nitrogen and oxygen atoms in total. The fourth-order valence-corrected chi connectivity index (χ4v) is 4.44. The summed E-state index contributed by atoms with van der Waals surface area (Å²) in [6, 6.07) is 10.8. The van der Waals surface area contributed by atoms with Crippen LogP contribution in [-0.4, -0.2) is 50.0 Å². The average Bonchev–Trinajstić information content (AvgIpc) is 2.78. The van der Waals surface area contributed by atoms with E-state index < -0.39 is 34.3 Å². The van der Waals surface area contributed by atoms with Gasteiger partial charge in [-0.05, 0) is 55.7 Å². The van der Waals surface area contributed by atoms with Crippen molar-refractivity contribution in [3.63, 3.8) is 0 Å². The minimum Gasteiger partial charge on any atom is -0.352 e. The highest BCUT2D eigenvalue weighted by molar-refractivity contribution is 7.92. The van der Waals surface area contributed by atoms with Gasteiger partial charge in [-0.3, -0.25) is 13.9 Å². The van der Waals surface area contributed by atoms with E-state index in [1.54, 1.807) is 31.2 Å². The Bertz CT molecular complexity index is 1100. The van der Waals surface area contributed by atoms with E-state index in [2.05, 4.69) is 5.32 Å². The van der Waals surface area contributed by atoms with Crippen LogP contribution in [0.15, 0.2) is 48.5 Å². The van der Waals surface area contributed by atoms with Crippen LogP contribution < -0.4 is 9.62 Å². The normalized spacial score (nSPS) is 13.1. The van der Waals surface area contributed by atoms with Crippen molar-refractivity contribution in [2.24, 2.45) is 0 Å². The third-order valence-corrected chi connectivity index (χ3v) is 6.99. The largest absolute Gasteiger partial charge is 0.352 e. The summed E-state index contributed by atoms with van der Waals surface area (Å²) in [6.07, 6.45) is 2.00. The predicted molar refractivity (Wildman–Crippen MR) is 133 cm³/mol. The second-order valence-electron chi connectivity index (χ2n) is 8.10. The third-order valence-electron chi connectivity index (χ3n) is 5.48. The molecule has 0 fully saturated rings. The molecule has 0 radical (unpaired) electrons. The van der Waals surface area contributed by atoms with Crippen molar-refractivity contribution >= 4 is 39.1 Å². The van der Waals surface area contributed by atoms with Crippen LogP contribution in [-0.2, 0) is 26.2 Å². The number of amides is 2. The van der Waals surface area contributed by atoms with Crippen molar-refractivity contribution in [2.75, 3.05) is 17.1 Å². The van der Waals surface area contributed by atoms with E-state index in [0.29, 0.717) is 23.4 Å². The van der Waals surface area contributed by atoms with E-state index in [4.69, 9.17) is 11.6 Å². The number of benzene rings is 2. The van der Waals surface area contributed by atoms with Crippen LogP contribution in [0.25, 0.3) is 0 Å². The highest BCUT2D eigenvalue weighted by atomic mass is 35.5. The minimum absolute atomic E-state index is 0.0198. The Hall–Kier alpha value is -2.65. The highest BCUT2D eigenvalue weighted by Gasteiger charge is 2.32. The lowest BCUT2D eigenvalue weighted by Crippen LogP contribution is -2.53. The van der Waals surface area contributed by atoms with Gasteiger partial charge in [0, 0.05) is 17.6 Å². The lowest BCUT2D eigenvalue weighted by molar-refractivity contribution is -0.140. The van der Waals surface area contributed by atoms with Gasteiger partial charge < -0.3 is 10.2 Å². The summed E-state index contributed by atoms with van der Waals surface area (Å²) in [5.41, 5.74) is 0.770. The Balaban J connectivity index is 2.44. The molecule has 1 N–H and O–H groups in total. The van der Waals surface area contributed by atoms with E-state index in [1.165, 1.54) is 17.0 Å². The predicted octanol–water partition coefficient (Wildman–Crippen LogP) is 3.97. The van der Waals surface area contributed by atoms with Gasteiger partial charge >= 0.3 is 0 Å². The Labute approximate surface area is 205 Å². The third kappa shape index (κ3) is 7.43. The molecule has 0 spiro atoms. The fraction of sp³-hybridized carbons (Fsp3) is 0.417. The van der Waals surface area contributed by atoms with Crippen molar-refractivity contribution in [3.05, 3.63) is 64.9 Å². The molecule has 0 saturated heterocycles. The van der Waals surface area contributed by atoms with Crippen LogP contribution in [0, 0.1) is 5.82 Å². The van der Waals surface area contributed by atoms with Crippen molar-refractivity contribution in [2.45, 2.75) is 52.2 Å². The van der Waals surface area contributed by atoms with Crippen LogP contribution in [0.2, 0.25) is 5.02 Å². The molecule has 0 heterocycles. The highest BCUT2D eigenvalue weighted by Crippen LogP contribution is 2.22. The monoisotopic (exact) mass is 511 g/mol. The summed E-state index contributed by atoms with van der Waals surface area (Å²) in [5.74, 6) is -1.44. The molecule has 2 aromatic rings. The Morgan fingerprint density at radius 2 is 1.68 bits per heavy atom. The molecule has 2 atom stereocenters. The van der Waals surface area contributed by atoms with Gasteiger partial charge in [0.2, 0.25) is 21.8 Å². The number of rotatable bonds is 11. The summed E-state index contributed by atoms with van der Waals surface area (Å²) in [7, 11) is -3.88. The molecule has 0 aliphatic rings. The summed E-state index contributed by atoms with van der Waals surface area (Å²) in [5, 5.41) is 3.33. The van der Waals surface area contributed by atoms with Gasteiger partial charge in [0.05, 0.1) is 11.9 Å². The molecule has 2 aromatic carbocycles. The maximum absolute atomic E-state index is 13.5. The Morgan fingerprint density at radius 1 is 1.06 bits per heavy atom. The molecule has 2 rings (SSSR count). The molecule has 186 valence electrons. The molecular formula is C24H31ClFN3O4S. The maximum atomic E-state index is 13.5. The van der Waals surface area contributed by atoms with Crippen LogP contribution in [0.3, 0.4) is 0 Å². The van der Waals surface area contributed by atoms with Gasteiger partial charge in [0.1, 0.15) is 18.4 Å². The van der Waals surface area contributed by atoms with Crippen LogP contribution >= 0.6 is 11.6 Å². The molecule has 0 aromatic heterocycles. The number of sulfonamides is 1. The second kappa shape index (κ2) is 12.2. The van der Waals surface area contributed by atoms with E-state index in [1.807, 2.05) is 13.8 Å². The first-order valence-electron chi connectivity index (χ1n) is 11.0. The molecule has 0 aliphatic heterocycles. The zero-order chi connectivity index (χ0) is 25.5. The maximum Gasteiger partial charge on any atom is 0.244 e. The SMILES string of the molecule is CC[C@H](C)NC(=O)[C@H](CC)N(Cc1ccccc1Cl)C(=O)CN(c1ccc(F)cc1)S(C)(=O)=O. The minimum atomic E-state index is -3.88. The molecule has 0 bridgehead atoms. The van der Waals surface area contributed by atoms with Gasteiger partial charge in [-0.25, -0.2) is 12.8 Å². The van der Waals surface area contributed by atoms with Gasteiger partial charge in [0.25, 0.3) is 0 Å². The summed E-state index contributed by atoms with van der Waals surface area (Å²) in [4.78, 5) is 27.9. The van der Waals surface area contributed by atoms with Crippen LogP contribution in [0.5, 0.6) is 0 Å². The zero-order valence-electron chi connectivity index (χ0n) is 19.8. The molecule has 0 aliphatic carbocycles. The number of hydrogen-bond acceptors (Lipinski definition) is 4. The molecule has 0 saturated carbocycles. The van der Waals surface area contributed by atoms with Crippen LogP contribution in [0.4, 0.5) is 10.1 Å². The number of nitrogens with zero attached hydrogens (tertiary/aromatic N) is 2. The van der Waals surface area contributed by atoms with Gasteiger partial charge in [-0.1, -0.05) is 43.6 Å². The van der Waals surface area contributed by atoms with Crippen molar-refractivity contribution in [1.82, 2.24) is 10.2 Å².